The van der Waals surface area contributed by atoms with E-state index in [1.54, 1.807) is 0 Å². The summed E-state index contributed by atoms with van der Waals surface area (Å²) in [6, 6.07) is 11.5. The van der Waals surface area contributed by atoms with Crippen LogP contribution in [0, 0.1) is 17.0 Å². The molecular weight excluding hydrogens is 256 g/mol. The second kappa shape index (κ2) is 5.97. The van der Waals surface area contributed by atoms with E-state index in [1.807, 2.05) is 31.2 Å². The number of benzene rings is 2. The molecule has 5 heteroatoms. The molecule has 102 valence electrons. The Morgan fingerprint density at radius 2 is 1.90 bits per heavy atom. The molecule has 5 nitrogen and oxygen atoms in total. The minimum Gasteiger partial charge on any atom is -0.872 e. The van der Waals surface area contributed by atoms with Gasteiger partial charge in [-0.15, -0.1) is 0 Å². The molecule has 0 radical (unpaired) electrons. The van der Waals surface area contributed by atoms with Crippen molar-refractivity contribution in [2.24, 2.45) is 4.99 Å². The van der Waals surface area contributed by atoms with Crippen LogP contribution < -0.4 is 5.11 Å². The van der Waals surface area contributed by atoms with E-state index in [1.165, 1.54) is 30.0 Å². The van der Waals surface area contributed by atoms with Crippen LogP contribution in [0.1, 0.15) is 16.7 Å². The highest BCUT2D eigenvalue weighted by atomic mass is 16.6. The molecule has 0 aliphatic heterocycles. The Labute approximate surface area is 116 Å². The third kappa shape index (κ3) is 3.41. The average molecular weight is 269 g/mol. The number of aliphatic imine (C=N–C) groups is 1. The summed E-state index contributed by atoms with van der Waals surface area (Å²) in [7, 11) is 0. The maximum Gasteiger partial charge on any atom is 0.270 e. The van der Waals surface area contributed by atoms with Gasteiger partial charge in [0.25, 0.3) is 5.69 Å². The van der Waals surface area contributed by atoms with Gasteiger partial charge in [0.05, 0.1) is 11.5 Å². The van der Waals surface area contributed by atoms with Gasteiger partial charge in [-0.1, -0.05) is 41.6 Å². The standard InChI is InChI=1S/C15H14N2O3/c1-11-2-4-12(5-3-11)9-16-10-13-8-14(17(19)20)6-7-15(13)18/h2-8,10,18H,9H2,1H3/p-1. The number of hydrogen-bond acceptors (Lipinski definition) is 4. The van der Waals surface area contributed by atoms with Gasteiger partial charge in [-0.25, -0.2) is 0 Å². The molecule has 20 heavy (non-hydrogen) atoms. The van der Waals surface area contributed by atoms with Crippen LogP contribution in [0.15, 0.2) is 47.5 Å². The van der Waals surface area contributed by atoms with Crippen LogP contribution in [0.25, 0.3) is 0 Å². The third-order valence-corrected chi connectivity index (χ3v) is 2.83. The molecule has 2 aromatic rings. The van der Waals surface area contributed by atoms with Crippen LogP contribution in [0.5, 0.6) is 5.75 Å². The minimum absolute atomic E-state index is 0.110. The molecule has 0 amide bonds. The molecule has 0 N–H and O–H groups in total. The average Bonchev–Trinajstić information content (AvgIpc) is 2.43. The number of rotatable bonds is 4. The molecule has 0 saturated heterocycles. The van der Waals surface area contributed by atoms with Gasteiger partial charge in [0.15, 0.2) is 0 Å². The lowest BCUT2D eigenvalue weighted by Gasteiger charge is -2.08. The Balaban J connectivity index is 2.12. The molecule has 0 atom stereocenters. The Bertz CT molecular complexity index is 649. The van der Waals surface area contributed by atoms with Gasteiger partial charge in [-0.2, -0.15) is 0 Å². The zero-order chi connectivity index (χ0) is 14.5. The Morgan fingerprint density at radius 1 is 1.20 bits per heavy atom. The summed E-state index contributed by atoms with van der Waals surface area (Å²) in [6.07, 6.45) is 1.38. The first kappa shape index (κ1) is 13.7. The Morgan fingerprint density at radius 3 is 2.55 bits per heavy atom. The summed E-state index contributed by atoms with van der Waals surface area (Å²) >= 11 is 0. The second-order valence-corrected chi connectivity index (χ2v) is 4.43. The van der Waals surface area contributed by atoms with E-state index in [2.05, 4.69) is 4.99 Å². The smallest absolute Gasteiger partial charge is 0.270 e. The molecule has 2 aromatic carbocycles. The fourth-order valence-corrected chi connectivity index (χ4v) is 1.69. The van der Waals surface area contributed by atoms with Crippen molar-refractivity contribution in [1.82, 2.24) is 0 Å². The molecule has 0 spiro atoms. The molecule has 0 fully saturated rings. The van der Waals surface area contributed by atoms with Gasteiger partial charge >= 0.3 is 0 Å². The first-order valence-corrected chi connectivity index (χ1v) is 6.07. The SMILES string of the molecule is Cc1ccc(CN=Cc2cc([N+](=O)[O-])ccc2[O-])cc1. The minimum atomic E-state index is -0.531. The fraction of sp³-hybridized carbons (Fsp3) is 0.133. The van der Waals surface area contributed by atoms with Gasteiger partial charge in [0.2, 0.25) is 0 Å². The van der Waals surface area contributed by atoms with E-state index < -0.39 is 4.92 Å². The van der Waals surface area contributed by atoms with Crippen LogP contribution in [0.4, 0.5) is 5.69 Å². The highest BCUT2D eigenvalue weighted by molar-refractivity contribution is 5.84. The van der Waals surface area contributed by atoms with Crippen LogP contribution in [0.2, 0.25) is 0 Å². The molecule has 0 saturated carbocycles. The molecule has 0 bridgehead atoms. The molecule has 0 aliphatic carbocycles. The number of nitro groups is 1. The largest absolute Gasteiger partial charge is 0.872 e. The van der Waals surface area contributed by atoms with Gasteiger partial charge in [-0.05, 0) is 18.1 Å². The van der Waals surface area contributed by atoms with Crippen molar-refractivity contribution in [3.05, 3.63) is 69.3 Å². The first-order valence-electron chi connectivity index (χ1n) is 6.07. The van der Waals surface area contributed by atoms with Crippen molar-refractivity contribution in [3.8, 4) is 5.75 Å². The van der Waals surface area contributed by atoms with E-state index in [0.717, 1.165) is 5.56 Å². The van der Waals surface area contributed by atoms with Gasteiger partial charge in [-0.3, -0.25) is 15.1 Å². The molecular formula is C15H13N2O3-. The zero-order valence-corrected chi connectivity index (χ0v) is 10.9. The fourth-order valence-electron chi connectivity index (χ4n) is 1.69. The summed E-state index contributed by atoms with van der Waals surface area (Å²) in [5.74, 6) is -0.275. The summed E-state index contributed by atoms with van der Waals surface area (Å²) in [4.78, 5) is 14.3. The molecule has 0 aliphatic rings. The third-order valence-electron chi connectivity index (χ3n) is 2.83. The van der Waals surface area contributed by atoms with Gasteiger partial charge in [0.1, 0.15) is 0 Å². The molecule has 2 rings (SSSR count). The van der Waals surface area contributed by atoms with Crippen molar-refractivity contribution in [3.63, 3.8) is 0 Å². The number of hydrogen-bond donors (Lipinski definition) is 0. The summed E-state index contributed by atoms with van der Waals surface area (Å²) < 4.78 is 0. The molecule has 0 unspecified atom stereocenters. The van der Waals surface area contributed by atoms with E-state index in [0.29, 0.717) is 6.54 Å². The number of nitrogens with zero attached hydrogens (tertiary/aromatic N) is 2. The summed E-state index contributed by atoms with van der Waals surface area (Å²) in [6.45, 7) is 2.43. The van der Waals surface area contributed by atoms with E-state index >= 15 is 0 Å². The van der Waals surface area contributed by atoms with Crippen LogP contribution >= 0.6 is 0 Å². The Kier molecular flexibility index (Phi) is 4.10. The topological polar surface area (TPSA) is 78.6 Å². The lowest BCUT2D eigenvalue weighted by molar-refractivity contribution is -0.385. The first-order chi connectivity index (χ1) is 9.56. The van der Waals surface area contributed by atoms with Crippen LogP contribution in [-0.2, 0) is 6.54 Å². The highest BCUT2D eigenvalue weighted by Crippen LogP contribution is 2.19. The van der Waals surface area contributed by atoms with Crippen LogP contribution in [-0.4, -0.2) is 11.1 Å². The van der Waals surface area contributed by atoms with Crippen molar-refractivity contribution in [2.75, 3.05) is 0 Å². The molecule has 0 heterocycles. The second-order valence-electron chi connectivity index (χ2n) is 4.43. The van der Waals surface area contributed by atoms with Crippen molar-refractivity contribution >= 4 is 11.9 Å². The van der Waals surface area contributed by atoms with Gasteiger partial charge in [0, 0.05) is 18.3 Å². The van der Waals surface area contributed by atoms with Crippen LogP contribution in [0.3, 0.4) is 0 Å². The Hall–Kier alpha value is -2.69. The van der Waals surface area contributed by atoms with E-state index in [9.17, 15) is 15.2 Å². The summed E-state index contributed by atoms with van der Waals surface area (Å²) in [5.41, 5.74) is 2.30. The van der Waals surface area contributed by atoms with Crippen molar-refractivity contribution in [2.45, 2.75) is 13.5 Å². The molecule has 0 aromatic heterocycles. The van der Waals surface area contributed by atoms with E-state index in [-0.39, 0.29) is 17.0 Å². The van der Waals surface area contributed by atoms with E-state index in [4.69, 9.17) is 0 Å². The quantitative estimate of drug-likeness (QED) is 0.486. The lowest BCUT2D eigenvalue weighted by Crippen LogP contribution is -1.98. The number of nitro benzene ring substituents is 1. The normalized spacial score (nSPS) is 10.8. The predicted octanol–water partition coefficient (Wildman–Crippen LogP) is 2.60. The lowest BCUT2D eigenvalue weighted by atomic mass is 10.1. The van der Waals surface area contributed by atoms with Gasteiger partial charge < -0.3 is 5.11 Å². The maximum absolute atomic E-state index is 11.6. The predicted molar refractivity (Wildman–Crippen MR) is 75.0 cm³/mol. The zero-order valence-electron chi connectivity index (χ0n) is 10.9. The number of aryl methyl sites for hydroxylation is 1. The van der Waals surface area contributed by atoms with Crippen molar-refractivity contribution < 1.29 is 10.0 Å². The number of non-ortho nitro benzene ring substituents is 1. The van der Waals surface area contributed by atoms with Crippen molar-refractivity contribution in [1.29, 1.82) is 0 Å². The monoisotopic (exact) mass is 269 g/mol. The highest BCUT2D eigenvalue weighted by Gasteiger charge is 2.05. The maximum atomic E-state index is 11.6. The summed E-state index contributed by atoms with van der Waals surface area (Å²) in [5, 5.41) is 22.2.